The van der Waals surface area contributed by atoms with Gasteiger partial charge in [0.25, 0.3) is 5.91 Å². The first kappa shape index (κ1) is 17.1. The molecule has 1 heterocycles. The van der Waals surface area contributed by atoms with Crippen molar-refractivity contribution in [3.05, 3.63) is 57.8 Å². The van der Waals surface area contributed by atoms with Crippen molar-refractivity contribution < 1.29 is 28.1 Å². The molecular formula is C15H13FN2O6. The second-order valence-electron chi connectivity index (χ2n) is 4.89. The summed E-state index contributed by atoms with van der Waals surface area (Å²) in [5.41, 5.74) is -0.212. The number of hydrogen-bond donors (Lipinski definition) is 1. The molecule has 1 aromatic heterocycles. The highest BCUT2D eigenvalue weighted by Crippen LogP contribution is 2.22. The first-order valence-corrected chi connectivity index (χ1v) is 6.79. The maximum atomic E-state index is 13.2. The van der Waals surface area contributed by atoms with E-state index in [1.165, 1.54) is 13.2 Å². The number of ether oxygens (including phenoxy) is 1. The Morgan fingerprint density at radius 3 is 2.67 bits per heavy atom. The fourth-order valence-electron chi connectivity index (χ4n) is 1.82. The van der Waals surface area contributed by atoms with Gasteiger partial charge in [-0.25, -0.2) is 4.79 Å². The molecule has 1 unspecified atom stereocenters. The Morgan fingerprint density at radius 1 is 1.38 bits per heavy atom. The van der Waals surface area contributed by atoms with Crippen molar-refractivity contribution in [2.45, 2.75) is 20.0 Å². The summed E-state index contributed by atoms with van der Waals surface area (Å²) < 4.78 is 23.2. The van der Waals surface area contributed by atoms with Crippen LogP contribution in [0.2, 0.25) is 0 Å². The summed E-state index contributed by atoms with van der Waals surface area (Å²) in [4.78, 5) is 33.6. The number of benzene rings is 1. The molecule has 9 heteroatoms. The molecule has 8 nitrogen and oxygen atoms in total. The number of amides is 1. The molecular weight excluding hydrogens is 323 g/mol. The van der Waals surface area contributed by atoms with Crippen LogP contribution in [0.15, 0.2) is 34.9 Å². The highest BCUT2D eigenvalue weighted by molar-refractivity contribution is 5.97. The summed E-state index contributed by atoms with van der Waals surface area (Å²) in [5.74, 6) is -2.59. The molecule has 126 valence electrons. The van der Waals surface area contributed by atoms with E-state index in [0.717, 1.165) is 18.2 Å². The number of halogens is 1. The van der Waals surface area contributed by atoms with Crippen LogP contribution in [0, 0.1) is 22.9 Å². The van der Waals surface area contributed by atoms with Crippen LogP contribution >= 0.6 is 0 Å². The van der Waals surface area contributed by atoms with Gasteiger partial charge in [-0.05, 0) is 32.0 Å². The lowest BCUT2D eigenvalue weighted by atomic mass is 10.2. The van der Waals surface area contributed by atoms with Crippen LogP contribution in [-0.2, 0) is 9.53 Å². The minimum atomic E-state index is -1.19. The zero-order chi connectivity index (χ0) is 17.9. The quantitative estimate of drug-likeness (QED) is 0.510. The van der Waals surface area contributed by atoms with E-state index >= 15 is 0 Å². The topological polar surface area (TPSA) is 112 Å². The van der Waals surface area contributed by atoms with Crippen molar-refractivity contribution in [2.75, 3.05) is 5.32 Å². The van der Waals surface area contributed by atoms with E-state index < -0.39 is 34.4 Å². The van der Waals surface area contributed by atoms with Crippen molar-refractivity contribution in [3.8, 4) is 0 Å². The molecule has 0 spiro atoms. The number of esters is 1. The smallest absolute Gasteiger partial charge is 0.375 e. The Hall–Kier alpha value is -3.23. The summed E-state index contributed by atoms with van der Waals surface area (Å²) >= 11 is 0. The maximum Gasteiger partial charge on any atom is 0.375 e. The van der Waals surface area contributed by atoms with Gasteiger partial charge >= 0.3 is 11.7 Å². The van der Waals surface area contributed by atoms with Crippen LogP contribution in [0.1, 0.15) is 23.0 Å². The highest BCUT2D eigenvalue weighted by atomic mass is 19.1. The molecule has 24 heavy (non-hydrogen) atoms. The van der Waals surface area contributed by atoms with Crippen LogP contribution in [0.4, 0.5) is 15.8 Å². The van der Waals surface area contributed by atoms with Gasteiger partial charge in [0, 0.05) is 17.3 Å². The van der Waals surface area contributed by atoms with Crippen LogP contribution < -0.4 is 5.32 Å². The van der Waals surface area contributed by atoms with E-state index in [1.54, 1.807) is 13.0 Å². The Labute approximate surface area is 135 Å². The molecule has 0 aliphatic rings. The Bertz CT molecular complexity index is 801. The van der Waals surface area contributed by atoms with Crippen molar-refractivity contribution in [3.63, 3.8) is 0 Å². The van der Waals surface area contributed by atoms with Crippen molar-refractivity contribution in [2.24, 2.45) is 0 Å². The van der Waals surface area contributed by atoms with Crippen molar-refractivity contribution in [1.82, 2.24) is 0 Å². The van der Waals surface area contributed by atoms with E-state index in [-0.39, 0.29) is 11.4 Å². The molecule has 0 radical (unpaired) electrons. The maximum absolute atomic E-state index is 13.2. The van der Waals surface area contributed by atoms with Crippen LogP contribution in [0.5, 0.6) is 0 Å². The van der Waals surface area contributed by atoms with E-state index in [2.05, 4.69) is 5.32 Å². The predicted molar refractivity (Wildman–Crippen MR) is 80.0 cm³/mol. The number of carbonyl (C=O) groups is 2. The van der Waals surface area contributed by atoms with Gasteiger partial charge in [0.05, 0.1) is 11.2 Å². The third-order valence-electron chi connectivity index (χ3n) is 3.11. The Morgan fingerprint density at radius 2 is 2.08 bits per heavy atom. The molecule has 0 saturated carbocycles. The van der Waals surface area contributed by atoms with Crippen molar-refractivity contribution in [1.29, 1.82) is 0 Å². The third-order valence-corrected chi connectivity index (χ3v) is 3.11. The van der Waals surface area contributed by atoms with Gasteiger partial charge in [-0.15, -0.1) is 0 Å². The molecule has 2 rings (SSSR count). The zero-order valence-corrected chi connectivity index (χ0v) is 12.7. The number of anilines is 1. The van der Waals surface area contributed by atoms with E-state index in [4.69, 9.17) is 9.15 Å². The van der Waals surface area contributed by atoms with Gasteiger partial charge in [0.15, 0.2) is 6.10 Å². The van der Waals surface area contributed by atoms with Gasteiger partial charge in [-0.1, -0.05) is 0 Å². The second kappa shape index (κ2) is 6.90. The Balaban J connectivity index is 2.04. The molecule has 1 aromatic carbocycles. The lowest BCUT2D eigenvalue weighted by molar-refractivity contribution is -0.387. The van der Waals surface area contributed by atoms with Gasteiger partial charge in [0.1, 0.15) is 0 Å². The predicted octanol–water partition coefficient (Wildman–Crippen LogP) is 2.82. The summed E-state index contributed by atoms with van der Waals surface area (Å²) in [6, 6.07) is 4.46. The molecule has 1 amide bonds. The molecule has 2 aromatic rings. The number of carbonyl (C=O) groups excluding carboxylic acids is 2. The molecule has 0 saturated heterocycles. The number of nitrogens with one attached hydrogen (secondary N) is 1. The molecule has 0 aliphatic carbocycles. The van der Waals surface area contributed by atoms with Gasteiger partial charge < -0.3 is 14.5 Å². The fourth-order valence-corrected chi connectivity index (χ4v) is 1.82. The normalized spacial score (nSPS) is 11.6. The molecule has 0 aliphatic heterocycles. The average Bonchev–Trinajstić information content (AvgIpc) is 2.95. The third kappa shape index (κ3) is 3.75. The number of nitro groups is 1. The van der Waals surface area contributed by atoms with Gasteiger partial charge in [-0.2, -0.15) is 4.39 Å². The number of nitrogens with zero attached hydrogens (tertiary/aromatic N) is 1. The summed E-state index contributed by atoms with van der Waals surface area (Å²) in [5, 5.41) is 13.0. The van der Waals surface area contributed by atoms with Crippen molar-refractivity contribution >= 4 is 23.3 Å². The average molecular weight is 336 g/mol. The molecule has 0 fully saturated rings. The molecule has 1 N–H and O–H groups in total. The SMILES string of the molecule is Cc1ccoc1C(=O)OC(C)C(=O)Nc1ccc(F)c([N+](=O)[O-])c1. The number of nitro benzene ring substituents is 1. The van der Waals surface area contributed by atoms with Crippen LogP contribution in [-0.4, -0.2) is 22.9 Å². The first-order chi connectivity index (χ1) is 11.3. The van der Waals surface area contributed by atoms with Crippen LogP contribution in [0.25, 0.3) is 0 Å². The lowest BCUT2D eigenvalue weighted by Crippen LogP contribution is -2.30. The standard InChI is InChI=1S/C15H13FN2O6/c1-8-5-6-23-13(8)15(20)24-9(2)14(19)17-10-3-4-11(16)12(7-10)18(21)22/h3-7,9H,1-2H3,(H,17,19). The fraction of sp³-hybridized carbons (Fsp3) is 0.200. The zero-order valence-electron chi connectivity index (χ0n) is 12.7. The lowest BCUT2D eigenvalue weighted by Gasteiger charge is -2.13. The van der Waals surface area contributed by atoms with Gasteiger partial charge in [0.2, 0.25) is 11.6 Å². The Kier molecular flexibility index (Phi) is 4.93. The molecule has 0 bridgehead atoms. The molecule has 1 atom stereocenters. The van der Waals surface area contributed by atoms with E-state index in [0.29, 0.717) is 5.56 Å². The summed E-state index contributed by atoms with van der Waals surface area (Å²) in [7, 11) is 0. The summed E-state index contributed by atoms with van der Waals surface area (Å²) in [6.07, 6.45) is 0.125. The van der Waals surface area contributed by atoms with E-state index in [1.807, 2.05) is 0 Å². The number of furan rings is 1. The summed E-state index contributed by atoms with van der Waals surface area (Å²) in [6.45, 7) is 2.96. The first-order valence-electron chi connectivity index (χ1n) is 6.79. The minimum absolute atomic E-state index is 0.00479. The number of aryl methyl sites for hydroxylation is 1. The highest BCUT2D eigenvalue weighted by Gasteiger charge is 2.23. The monoisotopic (exact) mass is 336 g/mol. The second-order valence-corrected chi connectivity index (χ2v) is 4.89. The number of rotatable bonds is 5. The van der Waals surface area contributed by atoms with Gasteiger partial charge in [-0.3, -0.25) is 14.9 Å². The van der Waals surface area contributed by atoms with Crippen LogP contribution in [0.3, 0.4) is 0 Å². The van der Waals surface area contributed by atoms with E-state index in [9.17, 15) is 24.1 Å². The number of hydrogen-bond acceptors (Lipinski definition) is 6. The largest absolute Gasteiger partial charge is 0.457 e. The minimum Gasteiger partial charge on any atom is -0.457 e.